The lowest BCUT2D eigenvalue weighted by Crippen LogP contribution is -2.27. The number of benzene rings is 2. The zero-order chi connectivity index (χ0) is 20.5. The first-order valence-corrected chi connectivity index (χ1v) is 10.1. The van der Waals surface area contributed by atoms with E-state index in [9.17, 15) is 4.79 Å². The Morgan fingerprint density at radius 3 is 2.69 bits per heavy atom. The molecule has 1 aliphatic rings. The Morgan fingerprint density at radius 1 is 1.21 bits per heavy atom. The Bertz CT molecular complexity index is 1060. The average Bonchev–Trinajstić information content (AvgIpc) is 3.31. The first kappa shape index (κ1) is 19.5. The summed E-state index contributed by atoms with van der Waals surface area (Å²) in [5.74, 6) is 0.625. The standard InChI is InChI=1S/C23H24ClN3O2/c1-15-7-10-18(11-8-15)27-20-6-4-5-19(20)22(25-27)23(28)26(2)14-16-13-17(24)9-12-21(16)29-3/h7-13H,4-6,14H2,1-3H3. The largest absolute Gasteiger partial charge is 0.496 e. The molecule has 0 fully saturated rings. The predicted molar refractivity (Wildman–Crippen MR) is 114 cm³/mol. The van der Waals surface area contributed by atoms with Crippen molar-refractivity contribution in [2.45, 2.75) is 32.7 Å². The van der Waals surface area contributed by atoms with Crippen molar-refractivity contribution in [3.05, 3.63) is 75.6 Å². The lowest BCUT2D eigenvalue weighted by atomic mass is 10.1. The number of hydrogen-bond donors (Lipinski definition) is 0. The van der Waals surface area contributed by atoms with Gasteiger partial charge in [0.15, 0.2) is 5.69 Å². The molecule has 0 unspecified atom stereocenters. The number of ether oxygens (including phenoxy) is 1. The van der Waals surface area contributed by atoms with Gasteiger partial charge in [-0.05, 0) is 56.5 Å². The number of carbonyl (C=O) groups excluding carboxylic acids is 1. The van der Waals surface area contributed by atoms with Gasteiger partial charge < -0.3 is 9.64 Å². The second kappa shape index (κ2) is 7.91. The van der Waals surface area contributed by atoms with E-state index >= 15 is 0 Å². The molecule has 1 aliphatic carbocycles. The summed E-state index contributed by atoms with van der Waals surface area (Å²) in [6.45, 7) is 2.46. The number of aryl methyl sites for hydroxylation is 1. The molecule has 3 aromatic rings. The highest BCUT2D eigenvalue weighted by Gasteiger charge is 2.28. The summed E-state index contributed by atoms with van der Waals surface area (Å²) in [5.41, 5.74) is 5.81. The van der Waals surface area contributed by atoms with E-state index in [4.69, 9.17) is 21.4 Å². The highest BCUT2D eigenvalue weighted by Crippen LogP contribution is 2.29. The molecule has 29 heavy (non-hydrogen) atoms. The lowest BCUT2D eigenvalue weighted by Gasteiger charge is -2.18. The molecule has 0 N–H and O–H groups in total. The molecule has 1 aromatic heterocycles. The van der Waals surface area contributed by atoms with Crippen molar-refractivity contribution in [2.75, 3.05) is 14.2 Å². The van der Waals surface area contributed by atoms with Crippen molar-refractivity contribution < 1.29 is 9.53 Å². The van der Waals surface area contributed by atoms with Gasteiger partial charge in [0.1, 0.15) is 5.75 Å². The van der Waals surface area contributed by atoms with Crippen LogP contribution in [0, 0.1) is 6.92 Å². The van der Waals surface area contributed by atoms with Crippen LogP contribution >= 0.6 is 11.6 Å². The van der Waals surface area contributed by atoms with Crippen LogP contribution < -0.4 is 4.74 Å². The van der Waals surface area contributed by atoms with Gasteiger partial charge in [-0.1, -0.05) is 29.3 Å². The third-order valence-corrected chi connectivity index (χ3v) is 5.64. The lowest BCUT2D eigenvalue weighted by molar-refractivity contribution is 0.0777. The molecule has 0 atom stereocenters. The maximum absolute atomic E-state index is 13.3. The summed E-state index contributed by atoms with van der Waals surface area (Å²) in [6.07, 6.45) is 2.87. The topological polar surface area (TPSA) is 47.4 Å². The number of nitrogens with zero attached hydrogens (tertiary/aromatic N) is 3. The third kappa shape index (κ3) is 3.75. The first-order chi connectivity index (χ1) is 14.0. The second-order valence-corrected chi connectivity index (χ2v) is 7.93. The maximum atomic E-state index is 13.3. The molecule has 1 heterocycles. The number of amides is 1. The van der Waals surface area contributed by atoms with E-state index in [0.717, 1.165) is 41.8 Å². The van der Waals surface area contributed by atoms with Crippen molar-refractivity contribution in [2.24, 2.45) is 0 Å². The van der Waals surface area contributed by atoms with Gasteiger partial charge in [-0.25, -0.2) is 4.68 Å². The smallest absolute Gasteiger partial charge is 0.274 e. The summed E-state index contributed by atoms with van der Waals surface area (Å²) < 4.78 is 7.35. The van der Waals surface area contributed by atoms with E-state index < -0.39 is 0 Å². The molecule has 0 aliphatic heterocycles. The van der Waals surface area contributed by atoms with Gasteiger partial charge >= 0.3 is 0 Å². The fraction of sp³-hybridized carbons (Fsp3) is 0.304. The quantitative estimate of drug-likeness (QED) is 0.618. The predicted octanol–water partition coefficient (Wildman–Crippen LogP) is 4.60. The Labute approximate surface area is 175 Å². The molecular formula is C23H24ClN3O2. The summed E-state index contributed by atoms with van der Waals surface area (Å²) in [7, 11) is 3.40. The highest BCUT2D eigenvalue weighted by molar-refractivity contribution is 6.30. The number of carbonyl (C=O) groups is 1. The van der Waals surface area contributed by atoms with Crippen LogP contribution in [0.15, 0.2) is 42.5 Å². The van der Waals surface area contributed by atoms with Crippen LogP contribution in [-0.4, -0.2) is 34.7 Å². The molecule has 0 saturated heterocycles. The normalized spacial score (nSPS) is 12.7. The molecule has 0 radical (unpaired) electrons. The summed E-state index contributed by atoms with van der Waals surface area (Å²) in [5, 5.41) is 5.34. The highest BCUT2D eigenvalue weighted by atomic mass is 35.5. The van der Waals surface area contributed by atoms with Crippen LogP contribution in [-0.2, 0) is 19.4 Å². The molecular weight excluding hydrogens is 386 g/mol. The van der Waals surface area contributed by atoms with Gasteiger partial charge in [0, 0.05) is 35.4 Å². The van der Waals surface area contributed by atoms with Crippen LogP contribution in [0.4, 0.5) is 0 Å². The van der Waals surface area contributed by atoms with E-state index in [1.54, 1.807) is 25.1 Å². The van der Waals surface area contributed by atoms with Crippen molar-refractivity contribution in [3.8, 4) is 11.4 Å². The van der Waals surface area contributed by atoms with Gasteiger partial charge in [0.2, 0.25) is 0 Å². The minimum atomic E-state index is -0.0870. The van der Waals surface area contributed by atoms with E-state index in [2.05, 4.69) is 31.2 Å². The van der Waals surface area contributed by atoms with E-state index in [0.29, 0.717) is 23.0 Å². The number of fused-ring (bicyclic) bond motifs is 1. The number of aromatic nitrogens is 2. The van der Waals surface area contributed by atoms with Crippen molar-refractivity contribution in [3.63, 3.8) is 0 Å². The molecule has 150 valence electrons. The van der Waals surface area contributed by atoms with Crippen molar-refractivity contribution in [1.82, 2.24) is 14.7 Å². The summed E-state index contributed by atoms with van der Waals surface area (Å²) >= 11 is 6.14. The first-order valence-electron chi connectivity index (χ1n) is 9.73. The van der Waals surface area contributed by atoms with Crippen molar-refractivity contribution >= 4 is 17.5 Å². The number of methoxy groups -OCH3 is 1. The minimum absolute atomic E-state index is 0.0870. The van der Waals surface area contributed by atoms with Crippen LogP contribution in [0.5, 0.6) is 5.75 Å². The molecule has 4 rings (SSSR count). The second-order valence-electron chi connectivity index (χ2n) is 7.49. The van der Waals surface area contributed by atoms with Gasteiger partial charge in [0.25, 0.3) is 5.91 Å². The fourth-order valence-electron chi connectivity index (χ4n) is 3.89. The van der Waals surface area contributed by atoms with Crippen LogP contribution in [0.2, 0.25) is 5.02 Å². The van der Waals surface area contributed by atoms with Gasteiger partial charge in [-0.3, -0.25) is 4.79 Å². The van der Waals surface area contributed by atoms with Gasteiger partial charge in [0.05, 0.1) is 12.8 Å². The monoisotopic (exact) mass is 409 g/mol. The van der Waals surface area contributed by atoms with Crippen LogP contribution in [0.1, 0.15) is 39.3 Å². The fourth-order valence-corrected chi connectivity index (χ4v) is 4.08. The Kier molecular flexibility index (Phi) is 5.33. The molecule has 5 nitrogen and oxygen atoms in total. The minimum Gasteiger partial charge on any atom is -0.496 e. The third-order valence-electron chi connectivity index (χ3n) is 5.41. The Hall–Kier alpha value is -2.79. The SMILES string of the molecule is COc1ccc(Cl)cc1CN(C)C(=O)c1nn(-c2ccc(C)cc2)c2c1CCC2. The van der Waals surface area contributed by atoms with Crippen LogP contribution in [0.3, 0.4) is 0 Å². The average molecular weight is 410 g/mol. The zero-order valence-electron chi connectivity index (χ0n) is 16.9. The van der Waals surface area contributed by atoms with E-state index in [-0.39, 0.29) is 5.91 Å². The molecule has 0 saturated carbocycles. The maximum Gasteiger partial charge on any atom is 0.274 e. The zero-order valence-corrected chi connectivity index (χ0v) is 17.7. The van der Waals surface area contributed by atoms with Crippen molar-refractivity contribution in [1.29, 1.82) is 0 Å². The molecule has 2 aromatic carbocycles. The molecule has 6 heteroatoms. The van der Waals surface area contributed by atoms with Gasteiger partial charge in [-0.15, -0.1) is 0 Å². The molecule has 0 spiro atoms. The number of halogens is 1. The Morgan fingerprint density at radius 2 is 1.97 bits per heavy atom. The van der Waals surface area contributed by atoms with E-state index in [1.165, 1.54) is 5.56 Å². The number of rotatable bonds is 5. The summed E-state index contributed by atoms with van der Waals surface area (Å²) in [6, 6.07) is 13.7. The number of hydrogen-bond acceptors (Lipinski definition) is 3. The molecule has 1 amide bonds. The van der Waals surface area contributed by atoms with Crippen LogP contribution in [0.25, 0.3) is 5.69 Å². The summed E-state index contributed by atoms with van der Waals surface area (Å²) in [4.78, 5) is 14.9. The molecule has 0 bridgehead atoms. The Balaban J connectivity index is 1.65. The van der Waals surface area contributed by atoms with E-state index in [1.807, 2.05) is 16.8 Å². The van der Waals surface area contributed by atoms with Gasteiger partial charge in [-0.2, -0.15) is 5.10 Å².